The Kier molecular flexibility index (Phi) is 6.03. The highest BCUT2D eigenvalue weighted by Crippen LogP contribution is 2.29. The van der Waals surface area contributed by atoms with Crippen LogP contribution in [0.25, 0.3) is 0 Å². The number of urea groups is 1. The maximum atomic E-state index is 12.4. The van der Waals surface area contributed by atoms with Gasteiger partial charge in [-0.05, 0) is 37.5 Å². The number of anilines is 3. The van der Waals surface area contributed by atoms with Gasteiger partial charge in [0.15, 0.2) is 0 Å². The van der Waals surface area contributed by atoms with Gasteiger partial charge in [-0.1, -0.05) is 6.07 Å². The molecule has 0 aromatic heterocycles. The van der Waals surface area contributed by atoms with Crippen molar-refractivity contribution in [2.45, 2.75) is 26.2 Å². The number of carbonyl (C=O) groups excluding carboxylic acids is 2. The molecule has 7 heteroatoms. The van der Waals surface area contributed by atoms with E-state index in [4.69, 9.17) is 9.47 Å². The number of amides is 3. The zero-order chi connectivity index (χ0) is 20.1. The number of hydrogen-bond donors (Lipinski definition) is 2. The Morgan fingerprint density at radius 1 is 0.964 bits per heavy atom. The molecule has 1 aliphatic rings. The van der Waals surface area contributed by atoms with Crippen molar-refractivity contribution in [3.8, 4) is 11.5 Å². The molecule has 1 aliphatic heterocycles. The predicted molar refractivity (Wildman–Crippen MR) is 110 cm³/mol. The van der Waals surface area contributed by atoms with Gasteiger partial charge in [-0.2, -0.15) is 0 Å². The van der Waals surface area contributed by atoms with E-state index in [9.17, 15) is 9.59 Å². The van der Waals surface area contributed by atoms with Crippen molar-refractivity contribution in [3.05, 3.63) is 42.0 Å². The maximum Gasteiger partial charge on any atom is 0.323 e. The lowest BCUT2D eigenvalue weighted by molar-refractivity contribution is -0.119. The van der Waals surface area contributed by atoms with Crippen LogP contribution in [-0.2, 0) is 4.79 Å². The molecule has 28 heavy (non-hydrogen) atoms. The van der Waals surface area contributed by atoms with E-state index in [0.29, 0.717) is 35.8 Å². The van der Waals surface area contributed by atoms with Gasteiger partial charge in [0.1, 0.15) is 11.5 Å². The molecule has 0 radical (unpaired) electrons. The van der Waals surface area contributed by atoms with Crippen molar-refractivity contribution in [1.82, 2.24) is 0 Å². The summed E-state index contributed by atoms with van der Waals surface area (Å²) in [6.45, 7) is 2.67. The molecule has 0 saturated carbocycles. The first-order valence-corrected chi connectivity index (χ1v) is 9.22. The van der Waals surface area contributed by atoms with E-state index in [2.05, 4.69) is 10.6 Å². The summed E-state index contributed by atoms with van der Waals surface area (Å²) in [4.78, 5) is 26.5. The van der Waals surface area contributed by atoms with E-state index in [1.807, 2.05) is 25.1 Å². The fourth-order valence-electron chi connectivity index (χ4n) is 3.21. The Balaban J connectivity index is 1.74. The van der Waals surface area contributed by atoms with Gasteiger partial charge in [0.2, 0.25) is 5.91 Å². The fraction of sp³-hybridized carbons (Fsp3) is 0.333. The van der Waals surface area contributed by atoms with Gasteiger partial charge in [0, 0.05) is 48.2 Å². The van der Waals surface area contributed by atoms with Crippen LogP contribution in [0.1, 0.15) is 24.8 Å². The number of carbonyl (C=O) groups is 2. The van der Waals surface area contributed by atoms with E-state index < -0.39 is 6.03 Å². The molecule has 0 spiro atoms. The third-order valence-electron chi connectivity index (χ3n) is 4.69. The van der Waals surface area contributed by atoms with E-state index in [0.717, 1.165) is 24.1 Å². The van der Waals surface area contributed by atoms with Crippen LogP contribution in [0.15, 0.2) is 36.4 Å². The number of nitrogens with zero attached hydrogens (tertiary/aromatic N) is 1. The predicted octanol–water partition coefficient (Wildman–Crippen LogP) is 4.17. The molecule has 0 atom stereocenters. The lowest BCUT2D eigenvalue weighted by atomic mass is 10.1. The number of methoxy groups -OCH3 is 2. The van der Waals surface area contributed by atoms with Gasteiger partial charge in [0.25, 0.3) is 0 Å². The van der Waals surface area contributed by atoms with Crippen LogP contribution in [0.2, 0.25) is 0 Å². The Hall–Kier alpha value is -3.22. The first-order chi connectivity index (χ1) is 13.5. The van der Waals surface area contributed by atoms with Gasteiger partial charge in [-0.15, -0.1) is 0 Å². The minimum atomic E-state index is -0.393. The normalized spacial score (nSPS) is 13.8. The molecule has 2 aromatic rings. The molecular weight excluding hydrogens is 358 g/mol. The molecule has 2 aromatic carbocycles. The van der Waals surface area contributed by atoms with Gasteiger partial charge < -0.3 is 25.0 Å². The van der Waals surface area contributed by atoms with Crippen LogP contribution in [-0.4, -0.2) is 32.7 Å². The Bertz CT molecular complexity index is 860. The summed E-state index contributed by atoms with van der Waals surface area (Å²) in [5, 5.41) is 5.59. The topological polar surface area (TPSA) is 79.9 Å². The second kappa shape index (κ2) is 8.65. The van der Waals surface area contributed by atoms with Crippen LogP contribution in [0.4, 0.5) is 21.9 Å². The monoisotopic (exact) mass is 383 g/mol. The van der Waals surface area contributed by atoms with E-state index in [-0.39, 0.29) is 5.91 Å². The van der Waals surface area contributed by atoms with Crippen LogP contribution >= 0.6 is 0 Å². The summed E-state index contributed by atoms with van der Waals surface area (Å²) >= 11 is 0. The van der Waals surface area contributed by atoms with E-state index in [1.165, 1.54) is 0 Å². The Morgan fingerprint density at radius 2 is 1.64 bits per heavy atom. The van der Waals surface area contributed by atoms with Gasteiger partial charge in [-0.25, -0.2) is 4.79 Å². The summed E-state index contributed by atoms with van der Waals surface area (Å²) in [5.41, 5.74) is 3.00. The quantitative estimate of drug-likeness (QED) is 0.812. The summed E-state index contributed by atoms with van der Waals surface area (Å²) < 4.78 is 10.4. The van der Waals surface area contributed by atoms with Crippen LogP contribution in [0, 0.1) is 6.92 Å². The number of nitrogens with one attached hydrogen (secondary N) is 2. The van der Waals surface area contributed by atoms with Crippen molar-refractivity contribution in [2.24, 2.45) is 0 Å². The summed E-state index contributed by atoms with van der Waals surface area (Å²) in [6.07, 6.45) is 2.48. The molecule has 148 valence electrons. The molecule has 1 heterocycles. The number of ether oxygens (including phenoxy) is 2. The van der Waals surface area contributed by atoms with Crippen molar-refractivity contribution < 1.29 is 19.1 Å². The largest absolute Gasteiger partial charge is 0.497 e. The fourth-order valence-corrected chi connectivity index (χ4v) is 3.21. The van der Waals surface area contributed by atoms with Gasteiger partial charge in [-0.3, -0.25) is 4.79 Å². The first kappa shape index (κ1) is 19.5. The SMILES string of the molecule is COc1cc(NC(=O)Nc2ccc(C)c(N3CCCCC3=O)c2)cc(OC)c1. The summed E-state index contributed by atoms with van der Waals surface area (Å²) in [6, 6.07) is 10.3. The van der Waals surface area contributed by atoms with Crippen molar-refractivity contribution in [3.63, 3.8) is 0 Å². The number of rotatable bonds is 5. The number of benzene rings is 2. The molecule has 0 aliphatic carbocycles. The third kappa shape index (κ3) is 4.54. The second-order valence-electron chi connectivity index (χ2n) is 6.68. The molecule has 1 fully saturated rings. The maximum absolute atomic E-state index is 12.4. The highest BCUT2D eigenvalue weighted by molar-refractivity contribution is 6.01. The molecule has 1 saturated heterocycles. The van der Waals surface area contributed by atoms with Crippen LogP contribution in [0.3, 0.4) is 0 Å². The number of hydrogen-bond acceptors (Lipinski definition) is 4. The van der Waals surface area contributed by atoms with Crippen molar-refractivity contribution in [2.75, 3.05) is 36.3 Å². The summed E-state index contributed by atoms with van der Waals surface area (Å²) in [7, 11) is 3.10. The minimum Gasteiger partial charge on any atom is -0.497 e. The Morgan fingerprint density at radius 3 is 2.29 bits per heavy atom. The Labute approximate surface area is 164 Å². The zero-order valence-corrected chi connectivity index (χ0v) is 16.4. The minimum absolute atomic E-state index is 0.124. The highest BCUT2D eigenvalue weighted by atomic mass is 16.5. The van der Waals surface area contributed by atoms with Gasteiger partial charge >= 0.3 is 6.03 Å². The second-order valence-corrected chi connectivity index (χ2v) is 6.68. The lowest BCUT2D eigenvalue weighted by Gasteiger charge is -2.28. The molecular formula is C21H25N3O4. The zero-order valence-electron chi connectivity index (χ0n) is 16.4. The van der Waals surface area contributed by atoms with Crippen LogP contribution in [0.5, 0.6) is 11.5 Å². The molecule has 7 nitrogen and oxygen atoms in total. The van der Waals surface area contributed by atoms with Crippen LogP contribution < -0.4 is 25.0 Å². The van der Waals surface area contributed by atoms with Gasteiger partial charge in [0.05, 0.1) is 14.2 Å². The summed E-state index contributed by atoms with van der Waals surface area (Å²) in [5.74, 6) is 1.28. The average molecular weight is 383 g/mol. The lowest BCUT2D eigenvalue weighted by Crippen LogP contribution is -2.35. The smallest absolute Gasteiger partial charge is 0.323 e. The van der Waals surface area contributed by atoms with Crippen molar-refractivity contribution in [1.29, 1.82) is 0 Å². The van der Waals surface area contributed by atoms with E-state index in [1.54, 1.807) is 37.3 Å². The molecule has 0 unspecified atom stereocenters. The number of aryl methyl sites for hydroxylation is 1. The van der Waals surface area contributed by atoms with Crippen molar-refractivity contribution >= 4 is 29.0 Å². The molecule has 2 N–H and O–H groups in total. The first-order valence-electron chi connectivity index (χ1n) is 9.22. The molecule has 0 bridgehead atoms. The average Bonchev–Trinajstić information content (AvgIpc) is 2.69. The molecule has 3 rings (SSSR count). The third-order valence-corrected chi connectivity index (χ3v) is 4.69. The standard InChI is InChI=1S/C21H25N3O4/c1-14-7-8-15(12-19(14)24-9-5-4-6-20(24)25)22-21(26)23-16-10-17(27-2)13-18(11-16)28-3/h7-8,10-13H,4-6,9H2,1-3H3,(H2,22,23,26). The number of piperidine rings is 1. The highest BCUT2D eigenvalue weighted by Gasteiger charge is 2.21. The van der Waals surface area contributed by atoms with E-state index >= 15 is 0 Å². The molecule has 3 amide bonds.